The number of nitrogens with two attached hydrogens (primary N) is 1. The van der Waals surface area contributed by atoms with Crippen LogP contribution in [0.5, 0.6) is 0 Å². The minimum atomic E-state index is -1.63. The van der Waals surface area contributed by atoms with Crippen LogP contribution in [0.4, 0.5) is 5.00 Å². The SMILES string of the molecule is NC(=O)c1cc(-c2ccccc2)sc1NC(=O)C(=O)O. The van der Waals surface area contributed by atoms with Gasteiger partial charge in [0.15, 0.2) is 0 Å². The molecule has 0 fully saturated rings. The highest BCUT2D eigenvalue weighted by molar-refractivity contribution is 7.20. The summed E-state index contributed by atoms with van der Waals surface area (Å²) in [5, 5.41) is 10.9. The van der Waals surface area contributed by atoms with Crippen LogP contribution in [0.3, 0.4) is 0 Å². The molecule has 2 amide bonds. The van der Waals surface area contributed by atoms with Crippen LogP contribution in [0.15, 0.2) is 36.4 Å². The molecule has 0 spiro atoms. The molecule has 0 saturated heterocycles. The van der Waals surface area contributed by atoms with Gasteiger partial charge in [-0.3, -0.25) is 9.59 Å². The van der Waals surface area contributed by atoms with E-state index in [1.54, 1.807) is 0 Å². The molecule has 1 heterocycles. The zero-order valence-corrected chi connectivity index (χ0v) is 10.9. The Morgan fingerprint density at radius 1 is 1.15 bits per heavy atom. The van der Waals surface area contributed by atoms with Gasteiger partial charge in [0.05, 0.1) is 5.56 Å². The van der Waals surface area contributed by atoms with E-state index in [1.165, 1.54) is 6.07 Å². The molecule has 20 heavy (non-hydrogen) atoms. The van der Waals surface area contributed by atoms with Crippen LogP contribution in [-0.2, 0) is 9.59 Å². The van der Waals surface area contributed by atoms with E-state index in [9.17, 15) is 14.4 Å². The normalized spacial score (nSPS) is 10.0. The molecular weight excluding hydrogens is 280 g/mol. The number of carboxylic acid groups (broad SMARTS) is 1. The van der Waals surface area contributed by atoms with E-state index in [0.717, 1.165) is 16.9 Å². The van der Waals surface area contributed by atoms with Gasteiger partial charge in [-0.15, -0.1) is 11.3 Å². The molecule has 0 bridgehead atoms. The molecule has 0 unspecified atom stereocenters. The van der Waals surface area contributed by atoms with E-state index >= 15 is 0 Å². The number of primary amides is 1. The van der Waals surface area contributed by atoms with Crippen molar-refractivity contribution in [2.24, 2.45) is 5.73 Å². The van der Waals surface area contributed by atoms with Crippen LogP contribution in [-0.4, -0.2) is 22.9 Å². The Hall–Kier alpha value is -2.67. The first-order valence-electron chi connectivity index (χ1n) is 5.52. The highest BCUT2D eigenvalue weighted by Gasteiger charge is 2.19. The van der Waals surface area contributed by atoms with Gasteiger partial charge in [0.2, 0.25) is 0 Å². The number of carboxylic acids is 1. The molecule has 0 saturated carbocycles. The zero-order chi connectivity index (χ0) is 14.7. The topological polar surface area (TPSA) is 109 Å². The Morgan fingerprint density at radius 2 is 1.80 bits per heavy atom. The summed E-state index contributed by atoms with van der Waals surface area (Å²) >= 11 is 1.09. The summed E-state index contributed by atoms with van der Waals surface area (Å²) in [5.41, 5.74) is 6.16. The Morgan fingerprint density at radius 3 is 2.35 bits per heavy atom. The van der Waals surface area contributed by atoms with E-state index in [-0.39, 0.29) is 10.6 Å². The average molecular weight is 290 g/mol. The van der Waals surface area contributed by atoms with E-state index in [2.05, 4.69) is 5.32 Å². The number of hydrogen-bond acceptors (Lipinski definition) is 4. The summed E-state index contributed by atoms with van der Waals surface area (Å²) in [7, 11) is 0. The number of benzene rings is 1. The second kappa shape index (κ2) is 5.54. The molecule has 1 aromatic heterocycles. The maximum absolute atomic E-state index is 11.3. The molecule has 4 N–H and O–H groups in total. The highest BCUT2D eigenvalue weighted by Crippen LogP contribution is 2.35. The number of rotatable bonds is 3. The molecule has 2 rings (SSSR count). The van der Waals surface area contributed by atoms with E-state index in [1.807, 2.05) is 30.3 Å². The Balaban J connectivity index is 2.41. The molecule has 2 aromatic rings. The number of aliphatic carboxylic acids is 1. The van der Waals surface area contributed by atoms with Gasteiger partial charge in [-0.25, -0.2) is 4.79 Å². The van der Waals surface area contributed by atoms with Crippen molar-refractivity contribution in [3.05, 3.63) is 42.0 Å². The van der Waals surface area contributed by atoms with E-state index < -0.39 is 17.8 Å². The number of amides is 2. The Labute approximate surface area is 117 Å². The number of carbonyl (C=O) groups is 3. The second-order valence-electron chi connectivity index (χ2n) is 3.84. The first-order valence-corrected chi connectivity index (χ1v) is 6.34. The van der Waals surface area contributed by atoms with Crippen molar-refractivity contribution in [2.45, 2.75) is 0 Å². The third-order valence-corrected chi connectivity index (χ3v) is 3.58. The minimum Gasteiger partial charge on any atom is -0.474 e. The van der Waals surface area contributed by atoms with Gasteiger partial charge in [0, 0.05) is 4.88 Å². The predicted molar refractivity (Wildman–Crippen MR) is 74.5 cm³/mol. The molecule has 0 atom stereocenters. The Kier molecular flexibility index (Phi) is 3.81. The first kappa shape index (κ1) is 13.8. The van der Waals surface area contributed by atoms with E-state index in [0.29, 0.717) is 4.88 Å². The van der Waals surface area contributed by atoms with Crippen molar-refractivity contribution in [3.8, 4) is 10.4 Å². The monoisotopic (exact) mass is 290 g/mol. The molecular formula is C13H10N2O4S. The highest BCUT2D eigenvalue weighted by atomic mass is 32.1. The number of hydrogen-bond donors (Lipinski definition) is 3. The standard InChI is InChI=1S/C13H10N2O4S/c14-10(16)8-6-9(7-4-2-1-3-5-7)20-12(8)15-11(17)13(18)19/h1-6H,(H2,14,16)(H,15,17)(H,18,19). The largest absolute Gasteiger partial charge is 0.474 e. The number of anilines is 1. The van der Waals surface area contributed by atoms with Crippen LogP contribution in [0.2, 0.25) is 0 Å². The second-order valence-corrected chi connectivity index (χ2v) is 4.90. The maximum Gasteiger partial charge on any atom is 0.394 e. The molecule has 0 radical (unpaired) electrons. The van der Waals surface area contributed by atoms with Crippen molar-refractivity contribution in [3.63, 3.8) is 0 Å². The van der Waals surface area contributed by atoms with Gasteiger partial charge < -0.3 is 16.2 Å². The lowest BCUT2D eigenvalue weighted by Crippen LogP contribution is -2.23. The van der Waals surface area contributed by atoms with Crippen LogP contribution >= 0.6 is 11.3 Å². The molecule has 0 aliphatic carbocycles. The molecule has 7 heteroatoms. The van der Waals surface area contributed by atoms with Gasteiger partial charge in [0.1, 0.15) is 5.00 Å². The number of thiophene rings is 1. The lowest BCUT2D eigenvalue weighted by atomic mass is 10.1. The fourth-order valence-electron chi connectivity index (χ4n) is 1.57. The summed E-state index contributed by atoms with van der Waals surface area (Å²) in [4.78, 5) is 33.8. The minimum absolute atomic E-state index is 0.0865. The summed E-state index contributed by atoms with van der Waals surface area (Å²) in [6, 6.07) is 10.7. The number of nitrogens with one attached hydrogen (secondary N) is 1. The van der Waals surface area contributed by atoms with Crippen molar-refractivity contribution in [2.75, 3.05) is 5.32 Å². The van der Waals surface area contributed by atoms with E-state index in [4.69, 9.17) is 10.8 Å². The van der Waals surface area contributed by atoms with Gasteiger partial charge in [0.25, 0.3) is 5.91 Å². The van der Waals surface area contributed by atoms with Gasteiger partial charge in [-0.05, 0) is 11.6 Å². The summed E-state index contributed by atoms with van der Waals surface area (Å²) in [5.74, 6) is -3.58. The van der Waals surface area contributed by atoms with Gasteiger partial charge >= 0.3 is 11.9 Å². The lowest BCUT2D eigenvalue weighted by Gasteiger charge is -1.99. The average Bonchev–Trinajstić information content (AvgIpc) is 2.83. The van der Waals surface area contributed by atoms with Crippen LogP contribution in [0, 0.1) is 0 Å². The quantitative estimate of drug-likeness (QED) is 0.745. The van der Waals surface area contributed by atoms with Crippen molar-refractivity contribution < 1.29 is 19.5 Å². The van der Waals surface area contributed by atoms with Crippen molar-refractivity contribution >= 4 is 34.1 Å². The number of carbonyl (C=O) groups excluding carboxylic acids is 2. The molecule has 102 valence electrons. The molecule has 0 aliphatic rings. The van der Waals surface area contributed by atoms with Crippen LogP contribution in [0.1, 0.15) is 10.4 Å². The van der Waals surface area contributed by atoms with Gasteiger partial charge in [-0.1, -0.05) is 30.3 Å². The van der Waals surface area contributed by atoms with Crippen molar-refractivity contribution in [1.29, 1.82) is 0 Å². The smallest absolute Gasteiger partial charge is 0.394 e. The maximum atomic E-state index is 11.3. The van der Waals surface area contributed by atoms with Crippen LogP contribution in [0.25, 0.3) is 10.4 Å². The lowest BCUT2D eigenvalue weighted by molar-refractivity contribution is -0.147. The summed E-state index contributed by atoms with van der Waals surface area (Å²) < 4.78 is 0. The first-order chi connectivity index (χ1) is 9.49. The molecule has 6 nitrogen and oxygen atoms in total. The summed E-state index contributed by atoms with van der Waals surface area (Å²) in [6.45, 7) is 0. The third-order valence-electron chi connectivity index (χ3n) is 2.48. The predicted octanol–water partition coefficient (Wildman–Crippen LogP) is 1.54. The van der Waals surface area contributed by atoms with Gasteiger partial charge in [-0.2, -0.15) is 0 Å². The third kappa shape index (κ3) is 2.83. The summed E-state index contributed by atoms with van der Waals surface area (Å²) in [6.07, 6.45) is 0. The fourth-order valence-corrected chi connectivity index (χ4v) is 2.63. The van der Waals surface area contributed by atoms with Crippen LogP contribution < -0.4 is 11.1 Å². The fraction of sp³-hybridized carbons (Fsp3) is 0. The zero-order valence-electron chi connectivity index (χ0n) is 10.1. The van der Waals surface area contributed by atoms with Crippen molar-refractivity contribution in [1.82, 2.24) is 0 Å². The molecule has 0 aliphatic heterocycles. The molecule has 1 aromatic carbocycles. The Bertz CT molecular complexity index is 679.